The number of nitrogens with zero attached hydrogens (tertiary/aromatic N) is 3. The molecule has 0 spiro atoms. The van der Waals surface area contributed by atoms with Gasteiger partial charge < -0.3 is 16.0 Å². The molecule has 8 nitrogen and oxygen atoms in total. The molecule has 6 rings (SSSR count). The second kappa shape index (κ2) is 10.1. The zero-order chi connectivity index (χ0) is 25.1. The Bertz CT molecular complexity index is 1520. The molecule has 9 heteroatoms. The largest absolute Gasteiger partial charge is 0.373 e. The van der Waals surface area contributed by atoms with Crippen molar-refractivity contribution in [1.29, 1.82) is 0 Å². The molecule has 1 aliphatic rings. The van der Waals surface area contributed by atoms with Crippen LogP contribution in [0.25, 0.3) is 21.5 Å². The number of benzene rings is 2. The Morgan fingerprint density at radius 2 is 1.89 bits per heavy atom. The van der Waals surface area contributed by atoms with Gasteiger partial charge in [0, 0.05) is 40.5 Å². The Morgan fingerprint density at radius 3 is 2.76 bits per heavy atom. The molecule has 186 valence electrons. The summed E-state index contributed by atoms with van der Waals surface area (Å²) in [5.74, 6) is 1.33. The van der Waals surface area contributed by atoms with Gasteiger partial charge in [-0.05, 0) is 90.8 Å². The van der Waals surface area contributed by atoms with Crippen LogP contribution in [0.1, 0.15) is 34.6 Å². The number of pyridine rings is 1. The molecular formula is C28H27N7OS. The second-order valence-electron chi connectivity index (χ2n) is 9.26. The fourth-order valence-electron chi connectivity index (χ4n) is 4.81. The van der Waals surface area contributed by atoms with E-state index in [2.05, 4.69) is 60.8 Å². The van der Waals surface area contributed by atoms with Gasteiger partial charge in [-0.2, -0.15) is 5.10 Å². The highest BCUT2D eigenvalue weighted by molar-refractivity contribution is 7.17. The van der Waals surface area contributed by atoms with Gasteiger partial charge in [-0.3, -0.25) is 14.9 Å². The SMILES string of the molecule is O=C(NCc1ccc2sccc2c1)c1cccc(NC2(c3nc(-c4ccncc4)n[nH]3)CCNCC2)c1. The number of carbonyl (C=O) groups excluding carboxylic acids is 1. The number of anilines is 1. The number of nitrogens with one attached hydrogen (secondary N) is 4. The standard InChI is InChI=1S/C28H27N7OS/c36-26(31-18-19-4-5-24-21(16-19)8-15-37-24)22-2-1-3-23(17-22)33-28(9-13-30-14-10-28)27-32-25(34-35-27)20-6-11-29-12-7-20/h1-8,11-12,15-17,30,33H,9-10,13-14,18H2,(H,31,36)(H,32,34,35). The molecule has 0 bridgehead atoms. The van der Waals surface area contributed by atoms with E-state index in [9.17, 15) is 4.79 Å². The minimum atomic E-state index is -0.422. The van der Waals surface area contributed by atoms with Crippen LogP contribution in [0.5, 0.6) is 0 Å². The number of thiophene rings is 1. The number of hydrogen-bond acceptors (Lipinski definition) is 7. The van der Waals surface area contributed by atoms with Crippen molar-refractivity contribution in [2.45, 2.75) is 24.9 Å². The number of hydrogen-bond donors (Lipinski definition) is 4. The molecule has 1 aliphatic heterocycles. The summed E-state index contributed by atoms with van der Waals surface area (Å²) in [5, 5.41) is 21.1. The summed E-state index contributed by atoms with van der Waals surface area (Å²) in [6, 6.07) is 19.8. The number of carbonyl (C=O) groups is 1. The monoisotopic (exact) mass is 509 g/mol. The minimum absolute atomic E-state index is 0.104. The summed E-state index contributed by atoms with van der Waals surface area (Å²) < 4.78 is 1.25. The molecule has 0 unspecified atom stereocenters. The van der Waals surface area contributed by atoms with E-state index < -0.39 is 5.54 Å². The smallest absolute Gasteiger partial charge is 0.251 e. The van der Waals surface area contributed by atoms with E-state index in [-0.39, 0.29) is 5.91 Å². The number of fused-ring (bicyclic) bond motifs is 1. The molecule has 3 aromatic heterocycles. The molecule has 1 amide bonds. The van der Waals surface area contributed by atoms with Gasteiger partial charge in [0.2, 0.25) is 0 Å². The van der Waals surface area contributed by atoms with Crippen molar-refractivity contribution in [2.75, 3.05) is 18.4 Å². The summed E-state index contributed by atoms with van der Waals surface area (Å²) in [7, 11) is 0. The molecule has 4 heterocycles. The first kappa shape index (κ1) is 23.3. The lowest BCUT2D eigenvalue weighted by atomic mass is 9.87. The molecule has 0 saturated carbocycles. The Hall–Kier alpha value is -4.08. The molecular weight excluding hydrogens is 482 g/mol. The molecule has 0 atom stereocenters. The van der Waals surface area contributed by atoms with E-state index in [0.29, 0.717) is 17.9 Å². The highest BCUT2D eigenvalue weighted by atomic mass is 32.1. The Balaban J connectivity index is 1.20. The van der Waals surface area contributed by atoms with Crippen LogP contribution in [0.15, 0.2) is 78.4 Å². The van der Waals surface area contributed by atoms with Gasteiger partial charge in [-0.15, -0.1) is 11.3 Å². The fraction of sp³-hybridized carbons (Fsp3) is 0.214. The van der Waals surface area contributed by atoms with Crippen molar-refractivity contribution in [3.63, 3.8) is 0 Å². The first-order valence-corrected chi connectivity index (χ1v) is 13.2. The third kappa shape index (κ3) is 4.96. The zero-order valence-electron chi connectivity index (χ0n) is 20.2. The van der Waals surface area contributed by atoms with Gasteiger partial charge >= 0.3 is 0 Å². The van der Waals surface area contributed by atoms with Gasteiger partial charge in [-0.1, -0.05) is 12.1 Å². The predicted molar refractivity (Wildman–Crippen MR) is 146 cm³/mol. The lowest BCUT2D eigenvalue weighted by Gasteiger charge is -2.37. The summed E-state index contributed by atoms with van der Waals surface area (Å²) >= 11 is 1.72. The van der Waals surface area contributed by atoms with Crippen LogP contribution < -0.4 is 16.0 Å². The average Bonchev–Trinajstić information content (AvgIpc) is 3.63. The van der Waals surface area contributed by atoms with Crippen LogP contribution in [0.4, 0.5) is 5.69 Å². The van der Waals surface area contributed by atoms with E-state index >= 15 is 0 Å². The molecule has 1 fully saturated rings. The van der Waals surface area contributed by atoms with Crippen LogP contribution in [0.3, 0.4) is 0 Å². The van der Waals surface area contributed by atoms with Crippen molar-refractivity contribution in [2.24, 2.45) is 0 Å². The maximum atomic E-state index is 13.0. The van der Waals surface area contributed by atoms with Crippen LogP contribution in [-0.2, 0) is 12.1 Å². The Kier molecular flexibility index (Phi) is 6.38. The van der Waals surface area contributed by atoms with Crippen LogP contribution in [-0.4, -0.2) is 39.2 Å². The van der Waals surface area contributed by atoms with E-state index in [1.54, 1.807) is 23.7 Å². The summed E-state index contributed by atoms with van der Waals surface area (Å²) in [6.45, 7) is 2.19. The predicted octanol–water partition coefficient (Wildman–Crippen LogP) is 4.70. The number of amides is 1. The third-order valence-corrected chi connectivity index (χ3v) is 7.71. The quantitative estimate of drug-likeness (QED) is 0.253. The van der Waals surface area contributed by atoms with E-state index in [1.807, 2.05) is 36.4 Å². The topological polar surface area (TPSA) is 108 Å². The normalized spacial score (nSPS) is 14.9. The number of H-pyrrole nitrogens is 1. The molecule has 2 aromatic carbocycles. The Labute approximate surface area is 218 Å². The number of rotatable bonds is 7. The van der Waals surface area contributed by atoms with Crippen molar-refractivity contribution < 1.29 is 4.79 Å². The van der Waals surface area contributed by atoms with E-state index in [4.69, 9.17) is 4.98 Å². The first-order valence-electron chi connectivity index (χ1n) is 12.4. The third-order valence-electron chi connectivity index (χ3n) is 6.81. The maximum Gasteiger partial charge on any atom is 0.251 e. The van der Waals surface area contributed by atoms with Crippen molar-refractivity contribution in [3.8, 4) is 11.4 Å². The molecule has 5 aromatic rings. The summed E-state index contributed by atoms with van der Waals surface area (Å²) in [6.07, 6.45) is 5.14. The van der Waals surface area contributed by atoms with Gasteiger partial charge in [0.15, 0.2) is 11.6 Å². The van der Waals surface area contributed by atoms with Crippen molar-refractivity contribution >= 4 is 33.0 Å². The maximum absolute atomic E-state index is 13.0. The molecule has 37 heavy (non-hydrogen) atoms. The summed E-state index contributed by atoms with van der Waals surface area (Å²) in [5.41, 5.74) is 3.06. The Morgan fingerprint density at radius 1 is 1.03 bits per heavy atom. The minimum Gasteiger partial charge on any atom is -0.373 e. The number of aromatic nitrogens is 4. The highest BCUT2D eigenvalue weighted by Gasteiger charge is 2.37. The van der Waals surface area contributed by atoms with Crippen molar-refractivity contribution in [3.05, 3.63) is 95.4 Å². The molecule has 0 aliphatic carbocycles. The lowest BCUT2D eigenvalue weighted by molar-refractivity contribution is 0.0951. The second-order valence-corrected chi connectivity index (χ2v) is 10.2. The van der Waals surface area contributed by atoms with E-state index in [0.717, 1.165) is 48.6 Å². The molecule has 4 N–H and O–H groups in total. The number of aromatic amines is 1. The van der Waals surface area contributed by atoms with Gasteiger partial charge in [0.05, 0.1) is 5.54 Å². The lowest BCUT2D eigenvalue weighted by Crippen LogP contribution is -2.46. The number of piperidine rings is 1. The van der Waals surface area contributed by atoms with E-state index in [1.165, 1.54) is 10.1 Å². The van der Waals surface area contributed by atoms with Gasteiger partial charge in [0.25, 0.3) is 5.91 Å². The van der Waals surface area contributed by atoms with Gasteiger partial charge in [0.1, 0.15) is 0 Å². The first-order chi connectivity index (χ1) is 18.2. The van der Waals surface area contributed by atoms with Gasteiger partial charge in [-0.25, -0.2) is 4.98 Å². The van der Waals surface area contributed by atoms with Crippen LogP contribution in [0, 0.1) is 0 Å². The molecule has 1 saturated heterocycles. The zero-order valence-corrected chi connectivity index (χ0v) is 21.0. The highest BCUT2D eigenvalue weighted by Crippen LogP contribution is 2.34. The van der Waals surface area contributed by atoms with Crippen LogP contribution >= 0.6 is 11.3 Å². The average molecular weight is 510 g/mol. The van der Waals surface area contributed by atoms with Crippen LogP contribution in [0.2, 0.25) is 0 Å². The van der Waals surface area contributed by atoms with Crippen molar-refractivity contribution in [1.82, 2.24) is 30.8 Å². The summed E-state index contributed by atoms with van der Waals surface area (Å²) in [4.78, 5) is 21.9. The molecule has 0 radical (unpaired) electrons. The fourth-order valence-corrected chi connectivity index (χ4v) is 5.58.